The van der Waals surface area contributed by atoms with Crippen molar-refractivity contribution in [3.05, 3.63) is 83.7 Å². The van der Waals surface area contributed by atoms with Crippen LogP contribution in [0.25, 0.3) is 22.2 Å². The Balaban J connectivity index is 1.16. The number of hydrogen-bond acceptors (Lipinski definition) is 5. The van der Waals surface area contributed by atoms with Gasteiger partial charge in [0, 0.05) is 29.6 Å². The van der Waals surface area contributed by atoms with Crippen molar-refractivity contribution < 1.29 is 18.8 Å². The Bertz CT molecular complexity index is 1210. The van der Waals surface area contributed by atoms with Crippen LogP contribution in [0, 0.1) is 5.82 Å². The maximum absolute atomic E-state index is 13.3. The van der Waals surface area contributed by atoms with Crippen molar-refractivity contribution in [3.8, 4) is 17.0 Å². The number of rotatable bonds is 7. The number of ether oxygens (including phenoxy) is 1. The van der Waals surface area contributed by atoms with Gasteiger partial charge in [-0.1, -0.05) is 29.4 Å². The van der Waals surface area contributed by atoms with Crippen molar-refractivity contribution >= 4 is 11.0 Å². The molecule has 2 unspecified atom stereocenters. The fourth-order valence-corrected chi connectivity index (χ4v) is 4.32. The molecule has 5 nitrogen and oxygen atoms in total. The standard InChI is InChI=1S/C26H25FN2O3/c27-19-10-13-23-25(14-19)32-29-26(23)18-8-11-21(12-9-18)31-16-20(30)15-28-24-7-3-5-17-4-1-2-6-22(17)24/h1-2,4,6,8-14,20,24,28,30H,3,5,7,15-16H2. The summed E-state index contributed by atoms with van der Waals surface area (Å²) in [6, 6.07) is 20.6. The zero-order chi connectivity index (χ0) is 21.9. The van der Waals surface area contributed by atoms with Gasteiger partial charge in [-0.05, 0) is 66.8 Å². The van der Waals surface area contributed by atoms with Crippen LogP contribution in [0.2, 0.25) is 0 Å². The predicted octanol–water partition coefficient (Wildman–Crippen LogP) is 5.04. The Morgan fingerprint density at radius 1 is 1.12 bits per heavy atom. The molecule has 1 aliphatic carbocycles. The zero-order valence-electron chi connectivity index (χ0n) is 17.6. The fourth-order valence-electron chi connectivity index (χ4n) is 4.32. The quantitative estimate of drug-likeness (QED) is 0.428. The van der Waals surface area contributed by atoms with E-state index >= 15 is 0 Å². The monoisotopic (exact) mass is 432 g/mol. The van der Waals surface area contributed by atoms with E-state index < -0.39 is 6.10 Å². The van der Waals surface area contributed by atoms with Gasteiger partial charge in [-0.3, -0.25) is 0 Å². The maximum atomic E-state index is 13.3. The summed E-state index contributed by atoms with van der Waals surface area (Å²) in [4.78, 5) is 0. The first kappa shape index (κ1) is 20.7. The van der Waals surface area contributed by atoms with Gasteiger partial charge in [-0.15, -0.1) is 0 Å². The van der Waals surface area contributed by atoms with Crippen LogP contribution in [0.1, 0.15) is 30.0 Å². The van der Waals surface area contributed by atoms with E-state index in [1.54, 1.807) is 6.07 Å². The predicted molar refractivity (Wildman–Crippen MR) is 121 cm³/mol. The van der Waals surface area contributed by atoms with Gasteiger partial charge in [-0.2, -0.15) is 0 Å². The van der Waals surface area contributed by atoms with Crippen LogP contribution in [0.4, 0.5) is 4.39 Å². The number of aryl methyl sites for hydroxylation is 1. The van der Waals surface area contributed by atoms with E-state index in [0.29, 0.717) is 23.6 Å². The largest absolute Gasteiger partial charge is 0.491 e. The lowest BCUT2D eigenvalue weighted by atomic mass is 9.88. The molecule has 1 aliphatic rings. The molecule has 2 N–H and O–H groups in total. The van der Waals surface area contributed by atoms with E-state index in [4.69, 9.17) is 9.26 Å². The number of aliphatic hydroxyl groups excluding tert-OH is 1. The Labute approximate surface area is 185 Å². The SMILES string of the molecule is OC(CNC1CCCc2ccccc21)COc1ccc(-c2noc3cc(F)ccc23)cc1. The van der Waals surface area contributed by atoms with Crippen LogP contribution in [-0.2, 0) is 6.42 Å². The molecular weight excluding hydrogens is 407 g/mol. The number of benzene rings is 3. The van der Waals surface area contributed by atoms with E-state index in [1.165, 1.54) is 23.3 Å². The van der Waals surface area contributed by atoms with Gasteiger partial charge in [0.25, 0.3) is 0 Å². The Morgan fingerprint density at radius 3 is 2.84 bits per heavy atom. The lowest BCUT2D eigenvalue weighted by molar-refractivity contribution is 0.103. The van der Waals surface area contributed by atoms with Gasteiger partial charge in [0.1, 0.15) is 30.0 Å². The van der Waals surface area contributed by atoms with Crippen LogP contribution in [0.3, 0.4) is 0 Å². The van der Waals surface area contributed by atoms with Gasteiger partial charge in [0.15, 0.2) is 5.58 Å². The number of nitrogens with one attached hydrogen (secondary N) is 1. The van der Waals surface area contributed by atoms with Crippen LogP contribution in [-0.4, -0.2) is 29.5 Å². The van der Waals surface area contributed by atoms with Crippen LogP contribution in [0.15, 0.2) is 71.3 Å². The fraction of sp³-hybridized carbons (Fsp3) is 0.269. The molecule has 32 heavy (non-hydrogen) atoms. The average Bonchev–Trinajstić information content (AvgIpc) is 3.24. The minimum Gasteiger partial charge on any atom is -0.491 e. The summed E-state index contributed by atoms with van der Waals surface area (Å²) in [5, 5.41) is 18.7. The number of nitrogens with zero attached hydrogens (tertiary/aromatic N) is 1. The molecule has 164 valence electrons. The molecule has 0 bridgehead atoms. The smallest absolute Gasteiger partial charge is 0.170 e. The third-order valence-corrected chi connectivity index (χ3v) is 5.97. The number of fused-ring (bicyclic) bond motifs is 2. The average molecular weight is 432 g/mol. The molecule has 2 atom stereocenters. The summed E-state index contributed by atoms with van der Waals surface area (Å²) in [5.41, 5.74) is 4.65. The van der Waals surface area contributed by atoms with Crippen molar-refractivity contribution in [1.29, 1.82) is 0 Å². The highest BCUT2D eigenvalue weighted by Crippen LogP contribution is 2.30. The molecule has 1 heterocycles. The number of aliphatic hydroxyl groups is 1. The molecule has 0 amide bonds. The first-order chi connectivity index (χ1) is 15.7. The summed E-state index contributed by atoms with van der Waals surface area (Å²) in [5.74, 6) is 0.305. The summed E-state index contributed by atoms with van der Waals surface area (Å²) < 4.78 is 24.3. The second-order valence-corrected chi connectivity index (χ2v) is 8.21. The molecule has 0 saturated carbocycles. The highest BCUT2D eigenvalue weighted by atomic mass is 19.1. The van der Waals surface area contributed by atoms with E-state index in [2.05, 4.69) is 34.7 Å². The third-order valence-electron chi connectivity index (χ3n) is 5.97. The molecule has 0 radical (unpaired) electrons. The third kappa shape index (κ3) is 4.38. The minimum absolute atomic E-state index is 0.201. The molecule has 4 aromatic rings. The normalized spacial score (nSPS) is 16.6. The van der Waals surface area contributed by atoms with Crippen molar-refractivity contribution in [2.24, 2.45) is 0 Å². The van der Waals surface area contributed by atoms with Crippen LogP contribution >= 0.6 is 0 Å². The van der Waals surface area contributed by atoms with Crippen LogP contribution < -0.4 is 10.1 Å². The molecule has 0 aliphatic heterocycles. The maximum Gasteiger partial charge on any atom is 0.170 e. The van der Waals surface area contributed by atoms with Crippen molar-refractivity contribution in [1.82, 2.24) is 10.5 Å². The topological polar surface area (TPSA) is 67.5 Å². The molecule has 1 aromatic heterocycles. The minimum atomic E-state index is -0.613. The number of hydrogen-bond donors (Lipinski definition) is 2. The molecule has 0 fully saturated rings. The lowest BCUT2D eigenvalue weighted by Gasteiger charge is -2.27. The highest BCUT2D eigenvalue weighted by molar-refractivity contribution is 5.91. The first-order valence-electron chi connectivity index (χ1n) is 10.9. The van der Waals surface area contributed by atoms with Gasteiger partial charge in [0.05, 0.1) is 0 Å². The summed E-state index contributed by atoms with van der Waals surface area (Å²) in [6.07, 6.45) is 2.74. The van der Waals surface area contributed by atoms with Crippen molar-refractivity contribution in [2.45, 2.75) is 31.4 Å². The Kier molecular flexibility index (Phi) is 5.88. The van der Waals surface area contributed by atoms with Crippen LogP contribution in [0.5, 0.6) is 5.75 Å². The lowest BCUT2D eigenvalue weighted by Crippen LogP contribution is -2.35. The second kappa shape index (κ2) is 9.10. The second-order valence-electron chi connectivity index (χ2n) is 8.21. The molecule has 0 spiro atoms. The van der Waals surface area contributed by atoms with E-state index in [-0.39, 0.29) is 18.5 Å². The zero-order valence-corrected chi connectivity index (χ0v) is 17.6. The Hall–Kier alpha value is -3.22. The Morgan fingerprint density at radius 2 is 1.97 bits per heavy atom. The first-order valence-corrected chi connectivity index (χ1v) is 10.9. The van der Waals surface area contributed by atoms with Crippen molar-refractivity contribution in [3.63, 3.8) is 0 Å². The van der Waals surface area contributed by atoms with Crippen molar-refractivity contribution in [2.75, 3.05) is 13.2 Å². The van der Waals surface area contributed by atoms with E-state index in [1.807, 2.05) is 24.3 Å². The summed E-state index contributed by atoms with van der Waals surface area (Å²) in [6.45, 7) is 0.672. The summed E-state index contributed by atoms with van der Waals surface area (Å²) in [7, 11) is 0. The number of halogens is 1. The molecule has 5 rings (SSSR count). The van der Waals surface area contributed by atoms with Gasteiger partial charge >= 0.3 is 0 Å². The van der Waals surface area contributed by atoms with Gasteiger partial charge in [-0.25, -0.2) is 4.39 Å². The molecular formula is C26H25FN2O3. The van der Waals surface area contributed by atoms with E-state index in [0.717, 1.165) is 30.2 Å². The molecule has 0 saturated heterocycles. The summed E-state index contributed by atoms with van der Waals surface area (Å²) >= 11 is 0. The molecule has 6 heteroatoms. The number of aromatic nitrogens is 1. The van der Waals surface area contributed by atoms with E-state index in [9.17, 15) is 9.50 Å². The van der Waals surface area contributed by atoms with Gasteiger partial charge < -0.3 is 19.7 Å². The van der Waals surface area contributed by atoms with Gasteiger partial charge in [0.2, 0.25) is 0 Å². The molecule has 3 aromatic carbocycles. The highest BCUT2D eigenvalue weighted by Gasteiger charge is 2.20.